The summed E-state index contributed by atoms with van der Waals surface area (Å²) in [5, 5.41) is 2.51. The number of hydrogen-bond acceptors (Lipinski definition) is 4. The second-order valence-corrected chi connectivity index (χ2v) is 5.91. The lowest BCUT2D eigenvalue weighted by Crippen LogP contribution is -2.38. The number of ether oxygens (including phenoxy) is 1. The van der Waals surface area contributed by atoms with Crippen LogP contribution in [0.15, 0.2) is 18.2 Å². The highest BCUT2D eigenvalue weighted by molar-refractivity contribution is 6.01. The van der Waals surface area contributed by atoms with Crippen LogP contribution in [0.5, 0.6) is 0 Å². The molecule has 0 fully saturated rings. The molecule has 0 aromatic heterocycles. The SMILES string of the molecule is COC(=O)c1ccc(F)cc1NC(=O)CC(N)C(C)(C)C. The summed E-state index contributed by atoms with van der Waals surface area (Å²) in [6.45, 7) is 5.77. The molecule has 0 heterocycles. The van der Waals surface area contributed by atoms with Crippen LogP contribution in [0.2, 0.25) is 0 Å². The van der Waals surface area contributed by atoms with Crippen molar-refractivity contribution >= 4 is 17.6 Å². The molecule has 0 radical (unpaired) electrons. The quantitative estimate of drug-likeness (QED) is 0.835. The number of rotatable bonds is 4. The van der Waals surface area contributed by atoms with E-state index < -0.39 is 11.8 Å². The van der Waals surface area contributed by atoms with Crippen LogP contribution in [-0.4, -0.2) is 25.0 Å². The maximum absolute atomic E-state index is 13.3. The van der Waals surface area contributed by atoms with E-state index in [1.165, 1.54) is 13.2 Å². The molecule has 0 aliphatic carbocycles. The molecule has 0 saturated heterocycles. The summed E-state index contributed by atoms with van der Waals surface area (Å²) in [6, 6.07) is 3.11. The van der Waals surface area contributed by atoms with Crippen molar-refractivity contribution in [3.63, 3.8) is 0 Å². The molecule has 0 spiro atoms. The standard InChI is InChI=1S/C15H21FN2O3/c1-15(2,3)12(17)8-13(19)18-11-7-9(16)5-6-10(11)14(20)21-4/h5-7,12H,8,17H2,1-4H3,(H,18,19). The fourth-order valence-corrected chi connectivity index (χ4v) is 1.62. The highest BCUT2D eigenvalue weighted by atomic mass is 19.1. The summed E-state index contributed by atoms with van der Waals surface area (Å²) < 4.78 is 17.9. The third-order valence-corrected chi connectivity index (χ3v) is 3.18. The number of benzene rings is 1. The van der Waals surface area contributed by atoms with E-state index in [9.17, 15) is 14.0 Å². The van der Waals surface area contributed by atoms with Crippen LogP contribution in [0.4, 0.5) is 10.1 Å². The third kappa shape index (κ3) is 4.82. The van der Waals surface area contributed by atoms with Gasteiger partial charge in [0.2, 0.25) is 5.91 Å². The van der Waals surface area contributed by atoms with Crippen molar-refractivity contribution in [3.05, 3.63) is 29.6 Å². The molecule has 6 heteroatoms. The molecular weight excluding hydrogens is 275 g/mol. The Morgan fingerprint density at radius 1 is 1.38 bits per heavy atom. The number of esters is 1. The number of methoxy groups -OCH3 is 1. The van der Waals surface area contributed by atoms with E-state index in [2.05, 4.69) is 10.1 Å². The minimum absolute atomic E-state index is 0.0701. The second kappa shape index (κ2) is 6.67. The van der Waals surface area contributed by atoms with Crippen molar-refractivity contribution in [1.82, 2.24) is 0 Å². The summed E-state index contributed by atoms with van der Waals surface area (Å²) in [4.78, 5) is 23.6. The van der Waals surface area contributed by atoms with Gasteiger partial charge in [0.1, 0.15) is 5.82 Å². The molecule has 0 bridgehead atoms. The number of nitrogens with two attached hydrogens (primary N) is 1. The molecule has 1 rings (SSSR count). The van der Waals surface area contributed by atoms with E-state index in [0.29, 0.717) is 0 Å². The van der Waals surface area contributed by atoms with Crippen LogP contribution in [0.25, 0.3) is 0 Å². The summed E-state index contributed by atoms with van der Waals surface area (Å²) in [6.07, 6.45) is 0.0701. The molecule has 5 nitrogen and oxygen atoms in total. The van der Waals surface area contributed by atoms with Gasteiger partial charge in [0.05, 0.1) is 18.4 Å². The Balaban J connectivity index is 2.89. The topological polar surface area (TPSA) is 81.4 Å². The number of carbonyl (C=O) groups excluding carboxylic acids is 2. The summed E-state index contributed by atoms with van der Waals surface area (Å²) in [7, 11) is 1.22. The molecule has 1 aromatic rings. The Labute approximate surface area is 123 Å². The first kappa shape index (κ1) is 17.1. The van der Waals surface area contributed by atoms with Gasteiger partial charge >= 0.3 is 5.97 Å². The smallest absolute Gasteiger partial charge is 0.339 e. The van der Waals surface area contributed by atoms with Crippen LogP contribution < -0.4 is 11.1 Å². The average Bonchev–Trinajstić information content (AvgIpc) is 2.36. The van der Waals surface area contributed by atoms with Gasteiger partial charge in [-0.25, -0.2) is 9.18 Å². The van der Waals surface area contributed by atoms with Crippen molar-refractivity contribution in [3.8, 4) is 0 Å². The monoisotopic (exact) mass is 296 g/mol. The first-order chi connectivity index (χ1) is 9.65. The number of carbonyl (C=O) groups is 2. The van der Waals surface area contributed by atoms with Crippen LogP contribution in [0.3, 0.4) is 0 Å². The molecule has 1 unspecified atom stereocenters. The predicted octanol–water partition coefficient (Wildman–Crippen LogP) is 2.31. The Morgan fingerprint density at radius 2 is 2.00 bits per heavy atom. The van der Waals surface area contributed by atoms with Crippen molar-refractivity contribution < 1.29 is 18.7 Å². The fraction of sp³-hybridized carbons (Fsp3) is 0.467. The van der Waals surface area contributed by atoms with E-state index in [4.69, 9.17) is 5.73 Å². The zero-order valence-electron chi connectivity index (χ0n) is 12.7. The minimum atomic E-state index is -0.648. The lowest BCUT2D eigenvalue weighted by atomic mass is 9.85. The van der Waals surface area contributed by atoms with E-state index in [1.807, 2.05) is 20.8 Å². The summed E-state index contributed by atoms with van der Waals surface area (Å²) in [5.41, 5.74) is 5.87. The number of anilines is 1. The molecule has 21 heavy (non-hydrogen) atoms. The molecule has 1 aromatic carbocycles. The van der Waals surface area contributed by atoms with Crippen LogP contribution in [0, 0.1) is 11.2 Å². The maximum Gasteiger partial charge on any atom is 0.339 e. The third-order valence-electron chi connectivity index (χ3n) is 3.18. The van der Waals surface area contributed by atoms with Crippen molar-refractivity contribution in [1.29, 1.82) is 0 Å². The molecule has 0 aliphatic rings. The number of hydrogen-bond donors (Lipinski definition) is 2. The van der Waals surface area contributed by atoms with Gasteiger partial charge in [0.25, 0.3) is 0 Å². The van der Waals surface area contributed by atoms with Gasteiger partial charge in [-0.05, 0) is 23.6 Å². The fourth-order valence-electron chi connectivity index (χ4n) is 1.62. The highest BCUT2D eigenvalue weighted by Gasteiger charge is 2.24. The van der Waals surface area contributed by atoms with Gasteiger partial charge in [-0.15, -0.1) is 0 Å². The molecule has 1 atom stereocenters. The van der Waals surface area contributed by atoms with Crippen molar-refractivity contribution in [2.75, 3.05) is 12.4 Å². The Kier molecular flexibility index (Phi) is 5.43. The van der Waals surface area contributed by atoms with E-state index in [0.717, 1.165) is 12.1 Å². The Hall–Kier alpha value is -1.95. The van der Waals surface area contributed by atoms with E-state index >= 15 is 0 Å². The molecule has 1 amide bonds. The number of amides is 1. The molecular formula is C15H21FN2O3. The first-order valence-corrected chi connectivity index (χ1v) is 6.58. The molecule has 0 saturated carbocycles. The molecule has 3 N–H and O–H groups in total. The maximum atomic E-state index is 13.3. The molecule has 116 valence electrons. The normalized spacial score (nSPS) is 12.7. The lowest BCUT2D eigenvalue weighted by molar-refractivity contribution is -0.117. The van der Waals surface area contributed by atoms with Crippen LogP contribution in [0.1, 0.15) is 37.6 Å². The van der Waals surface area contributed by atoms with Gasteiger partial charge < -0.3 is 15.8 Å². The van der Waals surface area contributed by atoms with Gasteiger partial charge in [-0.2, -0.15) is 0 Å². The molecule has 0 aliphatic heterocycles. The van der Waals surface area contributed by atoms with E-state index in [1.54, 1.807) is 0 Å². The van der Waals surface area contributed by atoms with Crippen LogP contribution >= 0.6 is 0 Å². The predicted molar refractivity (Wildman–Crippen MR) is 78.4 cm³/mol. The van der Waals surface area contributed by atoms with Crippen molar-refractivity contribution in [2.24, 2.45) is 11.1 Å². The van der Waals surface area contributed by atoms with Crippen molar-refractivity contribution in [2.45, 2.75) is 33.2 Å². The largest absolute Gasteiger partial charge is 0.465 e. The Morgan fingerprint density at radius 3 is 2.52 bits per heavy atom. The Bertz CT molecular complexity index is 538. The summed E-state index contributed by atoms with van der Waals surface area (Å²) >= 11 is 0. The highest BCUT2D eigenvalue weighted by Crippen LogP contribution is 2.22. The second-order valence-electron chi connectivity index (χ2n) is 5.91. The summed E-state index contributed by atoms with van der Waals surface area (Å²) in [5.74, 6) is -1.59. The van der Waals surface area contributed by atoms with E-state index in [-0.39, 0.29) is 35.0 Å². The number of nitrogens with one attached hydrogen (secondary N) is 1. The zero-order valence-corrected chi connectivity index (χ0v) is 12.7. The minimum Gasteiger partial charge on any atom is -0.465 e. The lowest BCUT2D eigenvalue weighted by Gasteiger charge is -2.26. The van der Waals surface area contributed by atoms with Gasteiger partial charge in [-0.3, -0.25) is 4.79 Å². The first-order valence-electron chi connectivity index (χ1n) is 6.58. The van der Waals surface area contributed by atoms with Gasteiger partial charge in [0, 0.05) is 12.5 Å². The number of halogens is 1. The van der Waals surface area contributed by atoms with Gasteiger partial charge in [-0.1, -0.05) is 20.8 Å². The van der Waals surface area contributed by atoms with Crippen LogP contribution in [-0.2, 0) is 9.53 Å². The average molecular weight is 296 g/mol. The zero-order chi connectivity index (χ0) is 16.2. The van der Waals surface area contributed by atoms with Gasteiger partial charge in [0.15, 0.2) is 0 Å².